The SMILES string of the molecule is Oc1ccc(C(c2ccc(O)cc2)c2ccc(-c3ccc(C(c4ccc(O)cc4)c4ccc(O)cc4)cc3)cc2)cc1. The fourth-order valence-corrected chi connectivity index (χ4v) is 5.56. The third kappa shape index (κ3) is 5.70. The first-order valence-corrected chi connectivity index (χ1v) is 13.8. The van der Waals surface area contributed by atoms with Gasteiger partial charge in [0.1, 0.15) is 23.0 Å². The van der Waals surface area contributed by atoms with Gasteiger partial charge in [0.15, 0.2) is 0 Å². The molecule has 0 atom stereocenters. The minimum Gasteiger partial charge on any atom is -0.508 e. The van der Waals surface area contributed by atoms with Crippen LogP contribution in [0, 0.1) is 0 Å². The molecule has 0 bridgehead atoms. The molecule has 0 spiro atoms. The van der Waals surface area contributed by atoms with E-state index in [1.54, 1.807) is 48.5 Å². The maximum absolute atomic E-state index is 9.83. The van der Waals surface area contributed by atoms with Gasteiger partial charge in [0, 0.05) is 11.8 Å². The van der Waals surface area contributed by atoms with Gasteiger partial charge in [-0.05, 0) is 93.0 Å². The summed E-state index contributed by atoms with van der Waals surface area (Å²) >= 11 is 0. The quantitative estimate of drug-likeness (QED) is 0.150. The molecule has 0 heterocycles. The van der Waals surface area contributed by atoms with Gasteiger partial charge in [-0.1, -0.05) is 97.1 Å². The molecular formula is C38H30O4. The molecule has 0 amide bonds. The highest BCUT2D eigenvalue weighted by Crippen LogP contribution is 2.37. The van der Waals surface area contributed by atoms with Crippen molar-refractivity contribution in [1.29, 1.82) is 0 Å². The molecule has 0 saturated carbocycles. The topological polar surface area (TPSA) is 80.9 Å². The Hall–Kier alpha value is -5.48. The minimum atomic E-state index is -0.0565. The Kier molecular flexibility index (Phi) is 7.35. The van der Waals surface area contributed by atoms with Gasteiger partial charge in [0.25, 0.3) is 0 Å². The van der Waals surface area contributed by atoms with Crippen LogP contribution >= 0.6 is 0 Å². The molecule has 4 nitrogen and oxygen atoms in total. The lowest BCUT2D eigenvalue weighted by atomic mass is 9.83. The summed E-state index contributed by atoms with van der Waals surface area (Å²) in [6.45, 7) is 0. The van der Waals surface area contributed by atoms with Gasteiger partial charge in [0.05, 0.1) is 0 Å². The van der Waals surface area contributed by atoms with E-state index >= 15 is 0 Å². The fraction of sp³-hybridized carbons (Fsp3) is 0.0526. The summed E-state index contributed by atoms with van der Waals surface area (Å²) in [6, 6.07) is 46.0. The molecule has 6 rings (SSSR count). The van der Waals surface area contributed by atoms with Crippen molar-refractivity contribution in [2.45, 2.75) is 11.8 Å². The molecule has 0 saturated heterocycles. The van der Waals surface area contributed by atoms with E-state index in [2.05, 4.69) is 48.5 Å². The highest BCUT2D eigenvalue weighted by molar-refractivity contribution is 5.65. The molecule has 4 heteroatoms. The van der Waals surface area contributed by atoms with Crippen LogP contribution < -0.4 is 0 Å². The summed E-state index contributed by atoms with van der Waals surface area (Å²) in [5.41, 5.74) is 8.57. The molecule has 42 heavy (non-hydrogen) atoms. The molecule has 0 radical (unpaired) electrons. The number of hydrogen-bond acceptors (Lipinski definition) is 4. The lowest BCUT2D eigenvalue weighted by Gasteiger charge is -2.20. The Labute approximate surface area is 245 Å². The second-order valence-corrected chi connectivity index (χ2v) is 10.5. The molecule has 6 aromatic rings. The third-order valence-electron chi connectivity index (χ3n) is 7.73. The largest absolute Gasteiger partial charge is 0.508 e. The summed E-state index contributed by atoms with van der Waals surface area (Å²) in [6.07, 6.45) is 0. The molecule has 0 aliphatic heterocycles. The maximum atomic E-state index is 9.83. The Balaban J connectivity index is 1.31. The highest BCUT2D eigenvalue weighted by Gasteiger charge is 2.19. The van der Waals surface area contributed by atoms with E-state index in [1.807, 2.05) is 48.5 Å². The predicted octanol–water partition coefficient (Wildman–Crippen LogP) is 8.54. The van der Waals surface area contributed by atoms with E-state index in [0.717, 1.165) is 44.5 Å². The molecule has 0 fully saturated rings. The van der Waals surface area contributed by atoms with E-state index < -0.39 is 0 Å². The van der Waals surface area contributed by atoms with Gasteiger partial charge in [-0.25, -0.2) is 0 Å². The van der Waals surface area contributed by atoms with Crippen molar-refractivity contribution in [3.05, 3.63) is 179 Å². The number of rotatable bonds is 7. The summed E-state index contributed by atoms with van der Waals surface area (Å²) in [5.74, 6) is 0.776. The number of hydrogen-bond donors (Lipinski definition) is 4. The predicted molar refractivity (Wildman–Crippen MR) is 166 cm³/mol. The van der Waals surface area contributed by atoms with Crippen molar-refractivity contribution < 1.29 is 20.4 Å². The Bertz CT molecular complexity index is 1530. The number of phenols is 4. The second kappa shape index (κ2) is 11.6. The molecular weight excluding hydrogens is 520 g/mol. The first-order chi connectivity index (χ1) is 20.4. The summed E-state index contributed by atoms with van der Waals surface area (Å²) < 4.78 is 0. The molecule has 0 aromatic heterocycles. The summed E-state index contributed by atoms with van der Waals surface area (Å²) in [4.78, 5) is 0. The van der Waals surface area contributed by atoms with E-state index in [0.29, 0.717) is 0 Å². The number of phenolic OH excluding ortho intramolecular Hbond substituents is 4. The first-order valence-electron chi connectivity index (χ1n) is 13.8. The molecule has 206 valence electrons. The average Bonchev–Trinajstić information content (AvgIpc) is 3.02. The van der Waals surface area contributed by atoms with Crippen molar-refractivity contribution in [2.24, 2.45) is 0 Å². The van der Waals surface area contributed by atoms with E-state index in [4.69, 9.17) is 0 Å². The third-order valence-corrected chi connectivity index (χ3v) is 7.73. The fourth-order valence-electron chi connectivity index (χ4n) is 5.56. The van der Waals surface area contributed by atoms with Crippen LogP contribution in [0.5, 0.6) is 23.0 Å². The van der Waals surface area contributed by atoms with Gasteiger partial charge in [-0.3, -0.25) is 0 Å². The molecule has 6 aromatic carbocycles. The normalized spacial score (nSPS) is 11.2. The maximum Gasteiger partial charge on any atom is 0.115 e. The van der Waals surface area contributed by atoms with Crippen LogP contribution in [0.3, 0.4) is 0 Å². The molecule has 0 unspecified atom stereocenters. The zero-order chi connectivity index (χ0) is 29.1. The van der Waals surface area contributed by atoms with Crippen LogP contribution in [0.2, 0.25) is 0 Å². The van der Waals surface area contributed by atoms with Crippen LogP contribution in [-0.4, -0.2) is 20.4 Å². The van der Waals surface area contributed by atoms with E-state index in [9.17, 15) is 20.4 Å². The monoisotopic (exact) mass is 550 g/mol. The van der Waals surface area contributed by atoms with Crippen LogP contribution in [0.1, 0.15) is 45.2 Å². The number of aromatic hydroxyl groups is 4. The first kappa shape index (κ1) is 26.7. The van der Waals surface area contributed by atoms with Gasteiger partial charge < -0.3 is 20.4 Å². The van der Waals surface area contributed by atoms with Crippen LogP contribution in [0.15, 0.2) is 146 Å². The molecule has 4 N–H and O–H groups in total. The van der Waals surface area contributed by atoms with Crippen molar-refractivity contribution in [3.8, 4) is 34.1 Å². The van der Waals surface area contributed by atoms with Crippen LogP contribution in [0.4, 0.5) is 0 Å². The number of benzene rings is 6. The summed E-state index contributed by atoms with van der Waals surface area (Å²) in [5, 5.41) is 39.3. The minimum absolute atomic E-state index is 0.0565. The van der Waals surface area contributed by atoms with Crippen molar-refractivity contribution in [3.63, 3.8) is 0 Å². The zero-order valence-corrected chi connectivity index (χ0v) is 22.8. The Morgan fingerprint density at radius 3 is 0.595 bits per heavy atom. The van der Waals surface area contributed by atoms with Crippen LogP contribution in [-0.2, 0) is 0 Å². The van der Waals surface area contributed by atoms with Gasteiger partial charge >= 0.3 is 0 Å². The van der Waals surface area contributed by atoms with Crippen molar-refractivity contribution >= 4 is 0 Å². The lowest BCUT2D eigenvalue weighted by Crippen LogP contribution is -2.03. The van der Waals surface area contributed by atoms with Crippen molar-refractivity contribution in [2.75, 3.05) is 0 Å². The van der Waals surface area contributed by atoms with Gasteiger partial charge in [-0.15, -0.1) is 0 Å². The van der Waals surface area contributed by atoms with E-state index in [-0.39, 0.29) is 34.8 Å². The lowest BCUT2D eigenvalue weighted by molar-refractivity contribution is 0.474. The second-order valence-electron chi connectivity index (χ2n) is 10.5. The average molecular weight is 551 g/mol. The van der Waals surface area contributed by atoms with Crippen LogP contribution in [0.25, 0.3) is 11.1 Å². The summed E-state index contributed by atoms with van der Waals surface area (Å²) in [7, 11) is 0. The smallest absolute Gasteiger partial charge is 0.115 e. The van der Waals surface area contributed by atoms with Crippen molar-refractivity contribution in [1.82, 2.24) is 0 Å². The molecule has 0 aliphatic carbocycles. The Morgan fingerprint density at radius 1 is 0.238 bits per heavy atom. The highest BCUT2D eigenvalue weighted by atomic mass is 16.3. The standard InChI is InChI=1S/C38H30O4/c39-33-17-9-29(10-18-33)37(30-11-19-34(40)20-12-30)27-5-1-25(2-6-27)26-3-7-28(8-4-26)38(31-13-21-35(41)22-14-31)32-15-23-36(42)24-16-32/h1-24,37-42H. The van der Waals surface area contributed by atoms with Gasteiger partial charge in [0.2, 0.25) is 0 Å². The zero-order valence-electron chi connectivity index (χ0n) is 22.8. The van der Waals surface area contributed by atoms with E-state index in [1.165, 1.54) is 0 Å². The molecule has 0 aliphatic rings. The van der Waals surface area contributed by atoms with Gasteiger partial charge in [-0.2, -0.15) is 0 Å². The Morgan fingerprint density at radius 2 is 0.405 bits per heavy atom.